The van der Waals surface area contributed by atoms with Gasteiger partial charge in [0.15, 0.2) is 0 Å². The van der Waals surface area contributed by atoms with Crippen molar-refractivity contribution in [2.75, 3.05) is 19.6 Å². The molecule has 0 aromatic heterocycles. The number of carbonyl (C=O) groups excluding carboxylic acids is 3. The van der Waals surface area contributed by atoms with E-state index < -0.39 is 23.7 Å². The molecule has 1 aliphatic heterocycles. The Balaban J connectivity index is 1.37. The van der Waals surface area contributed by atoms with Gasteiger partial charge in [0.25, 0.3) is 5.91 Å². The minimum atomic E-state index is -4.55. The second-order valence-corrected chi connectivity index (χ2v) is 10.5. The van der Waals surface area contributed by atoms with E-state index in [2.05, 4.69) is 20.9 Å². The summed E-state index contributed by atoms with van der Waals surface area (Å²) in [6.45, 7) is 6.91. The summed E-state index contributed by atoms with van der Waals surface area (Å²) in [4.78, 5) is 38.8. The van der Waals surface area contributed by atoms with Crippen LogP contribution in [-0.4, -0.2) is 66.2 Å². The van der Waals surface area contributed by atoms with E-state index in [4.69, 9.17) is 4.74 Å². The summed E-state index contributed by atoms with van der Waals surface area (Å²) in [5, 5.41) is 8.08. The van der Waals surface area contributed by atoms with Crippen LogP contribution in [0.1, 0.15) is 68.8 Å². The van der Waals surface area contributed by atoms with E-state index in [9.17, 15) is 27.6 Å². The second kappa shape index (κ2) is 11.5. The Kier molecular flexibility index (Phi) is 8.86. The standard InChI is InChI=1S/C25H35F3N4O4/c1-24(2,3)31-23(35)36-20-9-7-19(8-10-20)32-12-11-18(15-32)30-21(33)14-29-22(34)16-5-4-6-17(13-16)25(26,27)28/h4-6,13,18-20H,7-12,14-15H2,1-3H3,(H,29,34)(H,30,33)(H,31,35)/t18-,19?,20?/m1/s1. The minimum Gasteiger partial charge on any atom is -0.446 e. The van der Waals surface area contributed by atoms with Crippen molar-refractivity contribution in [1.29, 1.82) is 0 Å². The van der Waals surface area contributed by atoms with Gasteiger partial charge in [0, 0.05) is 36.3 Å². The zero-order valence-corrected chi connectivity index (χ0v) is 20.9. The lowest BCUT2D eigenvalue weighted by atomic mass is 9.92. The molecule has 36 heavy (non-hydrogen) atoms. The molecule has 1 heterocycles. The van der Waals surface area contributed by atoms with Crippen LogP contribution in [0.5, 0.6) is 0 Å². The summed E-state index contributed by atoms with van der Waals surface area (Å²) in [5.41, 5.74) is -1.41. The molecule has 11 heteroatoms. The monoisotopic (exact) mass is 512 g/mol. The third-order valence-electron chi connectivity index (χ3n) is 6.36. The van der Waals surface area contributed by atoms with Gasteiger partial charge in [-0.1, -0.05) is 6.07 Å². The summed E-state index contributed by atoms with van der Waals surface area (Å²) < 4.78 is 44.1. The van der Waals surface area contributed by atoms with Crippen molar-refractivity contribution in [2.45, 2.75) is 82.8 Å². The van der Waals surface area contributed by atoms with Crippen molar-refractivity contribution < 1.29 is 32.3 Å². The van der Waals surface area contributed by atoms with Gasteiger partial charge in [-0.3, -0.25) is 14.5 Å². The number of halogens is 3. The summed E-state index contributed by atoms with van der Waals surface area (Å²) in [6, 6.07) is 4.38. The molecule has 3 rings (SSSR count). The van der Waals surface area contributed by atoms with Crippen molar-refractivity contribution in [3.05, 3.63) is 35.4 Å². The number of ether oxygens (including phenoxy) is 1. The fourth-order valence-electron chi connectivity index (χ4n) is 4.63. The van der Waals surface area contributed by atoms with Crippen molar-refractivity contribution in [3.63, 3.8) is 0 Å². The van der Waals surface area contributed by atoms with E-state index in [0.29, 0.717) is 12.6 Å². The fraction of sp³-hybridized carbons (Fsp3) is 0.640. The highest BCUT2D eigenvalue weighted by molar-refractivity contribution is 5.96. The number of likely N-dealkylation sites (tertiary alicyclic amines) is 1. The molecule has 2 aliphatic rings. The first-order valence-corrected chi connectivity index (χ1v) is 12.3. The predicted molar refractivity (Wildman–Crippen MR) is 127 cm³/mol. The van der Waals surface area contributed by atoms with Crippen molar-refractivity contribution in [1.82, 2.24) is 20.9 Å². The van der Waals surface area contributed by atoms with Gasteiger partial charge in [0.05, 0.1) is 12.1 Å². The quantitative estimate of drug-likeness (QED) is 0.542. The Morgan fingerprint density at radius 3 is 2.39 bits per heavy atom. The lowest BCUT2D eigenvalue weighted by Crippen LogP contribution is -2.45. The Morgan fingerprint density at radius 2 is 1.75 bits per heavy atom. The van der Waals surface area contributed by atoms with E-state index >= 15 is 0 Å². The average molecular weight is 513 g/mol. The van der Waals surface area contributed by atoms with Gasteiger partial charge < -0.3 is 20.7 Å². The molecule has 1 saturated heterocycles. The molecule has 0 spiro atoms. The molecule has 200 valence electrons. The molecule has 1 aromatic rings. The Labute approximate surface area is 209 Å². The fourth-order valence-corrected chi connectivity index (χ4v) is 4.63. The largest absolute Gasteiger partial charge is 0.446 e. The average Bonchev–Trinajstić information content (AvgIpc) is 3.24. The second-order valence-electron chi connectivity index (χ2n) is 10.5. The molecular formula is C25H35F3N4O4. The highest BCUT2D eigenvalue weighted by Crippen LogP contribution is 2.30. The molecule has 1 saturated carbocycles. The number of alkyl halides is 3. The highest BCUT2D eigenvalue weighted by atomic mass is 19.4. The molecule has 1 aromatic carbocycles. The van der Waals surface area contributed by atoms with Gasteiger partial charge in [-0.2, -0.15) is 13.2 Å². The Hall–Kier alpha value is -2.82. The number of hydrogen-bond acceptors (Lipinski definition) is 5. The smallest absolute Gasteiger partial charge is 0.416 e. The first-order chi connectivity index (χ1) is 16.8. The molecule has 0 radical (unpaired) electrons. The van der Waals surface area contributed by atoms with Gasteiger partial charge in [0.2, 0.25) is 5.91 Å². The number of rotatable bonds is 6. The molecule has 2 fully saturated rings. The Morgan fingerprint density at radius 1 is 1.06 bits per heavy atom. The molecule has 8 nitrogen and oxygen atoms in total. The number of nitrogens with one attached hydrogen (secondary N) is 3. The number of benzene rings is 1. The molecule has 0 bridgehead atoms. The normalized spacial score (nSPS) is 23.1. The predicted octanol–water partition coefficient (Wildman–Crippen LogP) is 3.46. The number of alkyl carbamates (subject to hydrolysis) is 1. The number of amides is 3. The van der Waals surface area contributed by atoms with Gasteiger partial charge in [-0.15, -0.1) is 0 Å². The molecular weight excluding hydrogens is 477 g/mol. The van der Waals surface area contributed by atoms with Crippen LogP contribution in [0.4, 0.5) is 18.0 Å². The summed E-state index contributed by atoms with van der Waals surface area (Å²) in [6.07, 6.45) is -0.874. The number of hydrogen-bond donors (Lipinski definition) is 3. The van der Waals surface area contributed by atoms with Crippen LogP contribution < -0.4 is 16.0 Å². The highest BCUT2D eigenvalue weighted by Gasteiger charge is 2.33. The van der Waals surface area contributed by atoms with E-state index in [0.717, 1.165) is 56.8 Å². The lowest BCUT2D eigenvalue weighted by Gasteiger charge is -2.34. The van der Waals surface area contributed by atoms with E-state index in [-0.39, 0.29) is 35.7 Å². The summed E-state index contributed by atoms with van der Waals surface area (Å²) >= 11 is 0. The number of carbonyl (C=O) groups is 3. The van der Waals surface area contributed by atoms with Crippen molar-refractivity contribution in [2.24, 2.45) is 0 Å². The Bertz CT molecular complexity index is 940. The molecule has 3 N–H and O–H groups in total. The maximum atomic E-state index is 12.8. The van der Waals surface area contributed by atoms with Crippen LogP contribution in [0.25, 0.3) is 0 Å². The zero-order chi connectivity index (χ0) is 26.5. The maximum absolute atomic E-state index is 12.8. The topological polar surface area (TPSA) is 99.8 Å². The van der Waals surface area contributed by atoms with E-state index in [1.165, 1.54) is 6.07 Å². The molecule has 0 unspecified atom stereocenters. The van der Waals surface area contributed by atoms with Crippen LogP contribution in [0.2, 0.25) is 0 Å². The van der Waals surface area contributed by atoms with Crippen LogP contribution in [0.3, 0.4) is 0 Å². The van der Waals surface area contributed by atoms with Crippen molar-refractivity contribution in [3.8, 4) is 0 Å². The molecule has 3 amide bonds. The summed E-state index contributed by atoms with van der Waals surface area (Å²) in [5.74, 6) is -1.12. The minimum absolute atomic E-state index is 0.0607. The summed E-state index contributed by atoms with van der Waals surface area (Å²) in [7, 11) is 0. The van der Waals surface area contributed by atoms with Crippen molar-refractivity contribution >= 4 is 17.9 Å². The third kappa shape index (κ3) is 8.39. The SMILES string of the molecule is CC(C)(C)NC(=O)OC1CCC(N2CC[C@@H](NC(=O)CNC(=O)c3cccc(C(F)(F)F)c3)C2)CC1. The number of nitrogens with zero attached hydrogens (tertiary/aromatic N) is 1. The van der Waals surface area contributed by atoms with Crippen LogP contribution in [0.15, 0.2) is 24.3 Å². The van der Waals surface area contributed by atoms with Crippen LogP contribution >= 0.6 is 0 Å². The molecule has 1 aliphatic carbocycles. The first-order valence-electron chi connectivity index (χ1n) is 12.3. The van der Waals surface area contributed by atoms with E-state index in [1.54, 1.807) is 0 Å². The van der Waals surface area contributed by atoms with Gasteiger partial charge in [-0.25, -0.2) is 4.79 Å². The maximum Gasteiger partial charge on any atom is 0.416 e. The van der Waals surface area contributed by atoms with Gasteiger partial charge in [-0.05, 0) is 71.1 Å². The van der Waals surface area contributed by atoms with Gasteiger partial charge in [0.1, 0.15) is 6.10 Å². The first kappa shape index (κ1) is 27.8. The molecule has 1 atom stereocenters. The zero-order valence-electron chi connectivity index (χ0n) is 20.9. The van der Waals surface area contributed by atoms with Crippen LogP contribution in [-0.2, 0) is 15.7 Å². The lowest BCUT2D eigenvalue weighted by molar-refractivity contribution is -0.137. The van der Waals surface area contributed by atoms with Crippen LogP contribution in [0, 0.1) is 0 Å². The third-order valence-corrected chi connectivity index (χ3v) is 6.36. The van der Waals surface area contributed by atoms with E-state index in [1.807, 2.05) is 20.8 Å². The van der Waals surface area contributed by atoms with Gasteiger partial charge >= 0.3 is 12.3 Å².